The highest BCUT2D eigenvalue weighted by Gasteiger charge is 1.95. The maximum absolute atomic E-state index is 10.9. The third-order valence-corrected chi connectivity index (χ3v) is 1.24. The van der Waals surface area contributed by atoms with E-state index in [0.717, 1.165) is 0 Å². The molecule has 0 radical (unpaired) electrons. The van der Waals surface area contributed by atoms with E-state index in [4.69, 9.17) is 0 Å². The molecule has 2 N–H and O–H groups in total. The molecule has 2 heteroatoms. The summed E-state index contributed by atoms with van der Waals surface area (Å²) in [6, 6.07) is 9.07. The van der Waals surface area contributed by atoms with Crippen molar-refractivity contribution in [2.24, 2.45) is 0 Å². The standard InChI is InChI=1S/C9H8O.H2O/c1-2-9(10)8-6-4-3-5-7-8;/h2-7H,1H2;1H2. The number of hydrogen-bond donors (Lipinski definition) is 0. The van der Waals surface area contributed by atoms with Crippen molar-refractivity contribution in [2.45, 2.75) is 0 Å². The summed E-state index contributed by atoms with van der Waals surface area (Å²) in [5.74, 6) is -0.0272. The van der Waals surface area contributed by atoms with Crippen molar-refractivity contribution in [1.82, 2.24) is 0 Å². The Hall–Kier alpha value is -1.41. The zero-order valence-electron chi connectivity index (χ0n) is 6.08. The first kappa shape index (κ1) is 9.59. The quantitative estimate of drug-likeness (QED) is 0.462. The van der Waals surface area contributed by atoms with Gasteiger partial charge in [0, 0.05) is 5.56 Å². The summed E-state index contributed by atoms with van der Waals surface area (Å²) in [7, 11) is 0. The van der Waals surface area contributed by atoms with Crippen molar-refractivity contribution < 1.29 is 10.3 Å². The molecule has 0 spiro atoms. The van der Waals surface area contributed by atoms with Crippen LogP contribution in [0.5, 0.6) is 0 Å². The molecule has 0 amide bonds. The molecule has 1 rings (SSSR count). The molecule has 58 valence electrons. The van der Waals surface area contributed by atoms with Gasteiger partial charge < -0.3 is 5.48 Å². The summed E-state index contributed by atoms with van der Waals surface area (Å²) in [4.78, 5) is 10.9. The minimum absolute atomic E-state index is 0. The second-order valence-electron chi connectivity index (χ2n) is 1.93. The van der Waals surface area contributed by atoms with Crippen LogP contribution in [0.15, 0.2) is 43.0 Å². The maximum atomic E-state index is 10.9. The van der Waals surface area contributed by atoms with Crippen LogP contribution in [0.3, 0.4) is 0 Å². The number of allylic oxidation sites excluding steroid dienone is 1. The van der Waals surface area contributed by atoms with Gasteiger partial charge in [-0.3, -0.25) is 4.79 Å². The summed E-state index contributed by atoms with van der Waals surface area (Å²) < 4.78 is 0. The SMILES string of the molecule is C=CC(=O)c1ccccc1.O. The lowest BCUT2D eigenvalue weighted by atomic mass is 10.1. The topological polar surface area (TPSA) is 48.6 Å². The Balaban J connectivity index is 0.000001000. The van der Waals surface area contributed by atoms with Crippen LogP contribution >= 0.6 is 0 Å². The number of carbonyl (C=O) groups excluding carboxylic acids is 1. The Morgan fingerprint density at radius 1 is 1.27 bits per heavy atom. The number of ketones is 1. The first-order valence-corrected chi connectivity index (χ1v) is 3.06. The highest BCUT2D eigenvalue weighted by atomic mass is 16.1. The highest BCUT2D eigenvalue weighted by molar-refractivity contribution is 6.04. The van der Waals surface area contributed by atoms with E-state index in [9.17, 15) is 4.79 Å². The van der Waals surface area contributed by atoms with Crippen LogP contribution < -0.4 is 0 Å². The maximum Gasteiger partial charge on any atom is 0.185 e. The van der Waals surface area contributed by atoms with Crippen LogP contribution in [-0.4, -0.2) is 11.3 Å². The van der Waals surface area contributed by atoms with Gasteiger partial charge in [0.1, 0.15) is 0 Å². The average Bonchev–Trinajstić information content (AvgIpc) is 2.05. The fraction of sp³-hybridized carbons (Fsp3) is 0. The van der Waals surface area contributed by atoms with Gasteiger partial charge >= 0.3 is 0 Å². The van der Waals surface area contributed by atoms with Gasteiger partial charge in [-0.2, -0.15) is 0 Å². The van der Waals surface area contributed by atoms with E-state index in [1.165, 1.54) is 6.08 Å². The summed E-state index contributed by atoms with van der Waals surface area (Å²) >= 11 is 0. The molecule has 0 atom stereocenters. The third-order valence-electron chi connectivity index (χ3n) is 1.24. The second-order valence-corrected chi connectivity index (χ2v) is 1.93. The van der Waals surface area contributed by atoms with Gasteiger partial charge in [-0.1, -0.05) is 36.9 Å². The molecule has 0 aliphatic rings. The van der Waals surface area contributed by atoms with E-state index in [1.54, 1.807) is 12.1 Å². The van der Waals surface area contributed by atoms with Crippen LogP contribution in [0.1, 0.15) is 10.4 Å². The number of hydrogen-bond acceptors (Lipinski definition) is 1. The molecule has 2 nitrogen and oxygen atoms in total. The van der Waals surface area contributed by atoms with E-state index in [0.29, 0.717) is 5.56 Å². The van der Waals surface area contributed by atoms with Crippen molar-refractivity contribution in [3.05, 3.63) is 48.6 Å². The Morgan fingerprint density at radius 3 is 2.27 bits per heavy atom. The smallest absolute Gasteiger partial charge is 0.185 e. The van der Waals surface area contributed by atoms with E-state index in [2.05, 4.69) is 6.58 Å². The Labute approximate surface area is 65.5 Å². The van der Waals surface area contributed by atoms with Crippen LogP contribution in [-0.2, 0) is 0 Å². The average molecular weight is 150 g/mol. The van der Waals surface area contributed by atoms with Crippen LogP contribution in [0.4, 0.5) is 0 Å². The van der Waals surface area contributed by atoms with E-state index in [1.807, 2.05) is 18.2 Å². The number of benzene rings is 1. The van der Waals surface area contributed by atoms with E-state index >= 15 is 0 Å². The van der Waals surface area contributed by atoms with Crippen molar-refractivity contribution >= 4 is 5.78 Å². The first-order chi connectivity index (χ1) is 4.84. The fourth-order valence-electron chi connectivity index (χ4n) is 0.720. The Bertz CT molecular complexity index is 239. The van der Waals surface area contributed by atoms with Crippen molar-refractivity contribution in [2.75, 3.05) is 0 Å². The Kier molecular flexibility index (Phi) is 3.85. The highest BCUT2D eigenvalue weighted by Crippen LogP contribution is 1.99. The lowest BCUT2D eigenvalue weighted by molar-refractivity contribution is 0.104. The molecule has 0 saturated carbocycles. The van der Waals surface area contributed by atoms with Crippen molar-refractivity contribution in [3.63, 3.8) is 0 Å². The van der Waals surface area contributed by atoms with Crippen molar-refractivity contribution in [3.8, 4) is 0 Å². The minimum Gasteiger partial charge on any atom is -0.412 e. The summed E-state index contributed by atoms with van der Waals surface area (Å²) in [5, 5.41) is 0. The molecule has 0 aromatic heterocycles. The van der Waals surface area contributed by atoms with Crippen LogP contribution in [0, 0.1) is 0 Å². The zero-order valence-corrected chi connectivity index (χ0v) is 6.08. The molecular weight excluding hydrogens is 140 g/mol. The molecule has 1 aromatic carbocycles. The predicted molar refractivity (Wildman–Crippen MR) is 44.6 cm³/mol. The Morgan fingerprint density at radius 2 is 1.82 bits per heavy atom. The number of carbonyl (C=O) groups is 1. The number of rotatable bonds is 2. The summed E-state index contributed by atoms with van der Waals surface area (Å²) in [6.45, 7) is 3.39. The van der Waals surface area contributed by atoms with Gasteiger partial charge in [0.2, 0.25) is 0 Å². The molecule has 0 unspecified atom stereocenters. The second kappa shape index (κ2) is 4.41. The minimum atomic E-state index is -0.0272. The lowest BCUT2D eigenvalue weighted by Crippen LogP contribution is -1.90. The van der Waals surface area contributed by atoms with Gasteiger partial charge in [0.05, 0.1) is 0 Å². The molecule has 0 fully saturated rings. The normalized spacial score (nSPS) is 8.00. The van der Waals surface area contributed by atoms with Gasteiger partial charge in [0.15, 0.2) is 5.78 Å². The molecule has 1 aromatic rings. The van der Waals surface area contributed by atoms with Gasteiger partial charge in [-0.25, -0.2) is 0 Å². The predicted octanol–water partition coefficient (Wildman–Crippen LogP) is 1.23. The monoisotopic (exact) mass is 150 g/mol. The summed E-state index contributed by atoms with van der Waals surface area (Å²) in [5.41, 5.74) is 0.692. The molecule has 11 heavy (non-hydrogen) atoms. The van der Waals surface area contributed by atoms with Gasteiger partial charge in [-0.05, 0) is 6.08 Å². The molecule has 0 saturated heterocycles. The molecule has 0 bridgehead atoms. The molecule has 0 heterocycles. The fourth-order valence-corrected chi connectivity index (χ4v) is 0.720. The van der Waals surface area contributed by atoms with Gasteiger partial charge in [-0.15, -0.1) is 0 Å². The lowest BCUT2D eigenvalue weighted by Gasteiger charge is -1.90. The van der Waals surface area contributed by atoms with E-state index < -0.39 is 0 Å². The summed E-state index contributed by atoms with van der Waals surface area (Å²) in [6.07, 6.45) is 1.31. The van der Waals surface area contributed by atoms with Crippen LogP contribution in [0.2, 0.25) is 0 Å². The van der Waals surface area contributed by atoms with Crippen molar-refractivity contribution in [1.29, 1.82) is 0 Å². The van der Waals surface area contributed by atoms with Crippen LogP contribution in [0.25, 0.3) is 0 Å². The zero-order chi connectivity index (χ0) is 7.40. The molecule has 0 aliphatic heterocycles. The molecule has 0 aliphatic carbocycles. The van der Waals surface area contributed by atoms with Gasteiger partial charge in [0.25, 0.3) is 0 Å². The van der Waals surface area contributed by atoms with E-state index in [-0.39, 0.29) is 11.3 Å². The largest absolute Gasteiger partial charge is 0.412 e. The third kappa shape index (κ3) is 2.35. The first-order valence-electron chi connectivity index (χ1n) is 3.06. The molecular formula is C9H10O2.